The standard InChI is InChI=1S/C18H23N5O2/c24-18(21-14-8-9-16-19-12-20-23(16)11-14)22-17(15-7-4-10-25-15)13-5-2-1-3-6-13/h1-3,5-6,12,14-15,17H,4,7-11H2,(H2,21,22,24). The smallest absolute Gasteiger partial charge is 0.315 e. The first-order valence-corrected chi connectivity index (χ1v) is 8.90. The van der Waals surface area contributed by atoms with Crippen molar-refractivity contribution in [2.24, 2.45) is 0 Å². The van der Waals surface area contributed by atoms with E-state index in [9.17, 15) is 4.79 Å². The summed E-state index contributed by atoms with van der Waals surface area (Å²) in [6.45, 7) is 1.42. The number of amides is 2. The largest absolute Gasteiger partial charge is 0.376 e. The quantitative estimate of drug-likeness (QED) is 0.889. The fourth-order valence-corrected chi connectivity index (χ4v) is 3.64. The third-order valence-electron chi connectivity index (χ3n) is 4.92. The van der Waals surface area contributed by atoms with Gasteiger partial charge in [0.1, 0.15) is 12.2 Å². The van der Waals surface area contributed by atoms with Crippen molar-refractivity contribution in [3.8, 4) is 0 Å². The van der Waals surface area contributed by atoms with Crippen LogP contribution in [0.25, 0.3) is 0 Å². The minimum Gasteiger partial charge on any atom is -0.376 e. The molecule has 0 aliphatic carbocycles. The summed E-state index contributed by atoms with van der Waals surface area (Å²) in [6.07, 6.45) is 5.31. The van der Waals surface area contributed by atoms with Crippen molar-refractivity contribution in [1.82, 2.24) is 25.4 Å². The Hall–Kier alpha value is -2.41. The van der Waals surface area contributed by atoms with Crippen molar-refractivity contribution < 1.29 is 9.53 Å². The van der Waals surface area contributed by atoms with Gasteiger partial charge in [0, 0.05) is 13.0 Å². The second-order valence-electron chi connectivity index (χ2n) is 6.65. The zero-order valence-electron chi connectivity index (χ0n) is 14.1. The number of benzene rings is 1. The molecule has 25 heavy (non-hydrogen) atoms. The number of hydrogen-bond donors (Lipinski definition) is 2. The molecule has 132 valence electrons. The van der Waals surface area contributed by atoms with Gasteiger partial charge >= 0.3 is 6.03 Å². The summed E-state index contributed by atoms with van der Waals surface area (Å²) in [6, 6.07) is 9.81. The molecule has 0 saturated carbocycles. The van der Waals surface area contributed by atoms with E-state index >= 15 is 0 Å². The van der Waals surface area contributed by atoms with Crippen LogP contribution in [-0.2, 0) is 17.7 Å². The lowest BCUT2D eigenvalue weighted by atomic mass is 9.99. The number of hydrogen-bond acceptors (Lipinski definition) is 4. The third kappa shape index (κ3) is 3.66. The molecular weight excluding hydrogens is 318 g/mol. The second kappa shape index (κ2) is 7.23. The molecule has 2 N–H and O–H groups in total. The average Bonchev–Trinajstić information content (AvgIpc) is 3.31. The molecule has 1 aromatic carbocycles. The van der Waals surface area contributed by atoms with Gasteiger partial charge in [0.15, 0.2) is 0 Å². The van der Waals surface area contributed by atoms with E-state index in [4.69, 9.17) is 4.74 Å². The molecule has 7 heteroatoms. The molecule has 1 aromatic heterocycles. The first kappa shape index (κ1) is 16.1. The Morgan fingerprint density at radius 1 is 1.28 bits per heavy atom. The molecule has 0 spiro atoms. The number of nitrogens with zero attached hydrogens (tertiary/aromatic N) is 3. The Labute approximate surface area is 146 Å². The highest BCUT2D eigenvalue weighted by atomic mass is 16.5. The van der Waals surface area contributed by atoms with E-state index in [0.717, 1.165) is 43.7 Å². The maximum absolute atomic E-state index is 12.6. The topological polar surface area (TPSA) is 81.1 Å². The van der Waals surface area contributed by atoms with Gasteiger partial charge in [-0.05, 0) is 24.8 Å². The van der Waals surface area contributed by atoms with Gasteiger partial charge in [-0.1, -0.05) is 30.3 Å². The Morgan fingerprint density at radius 3 is 2.96 bits per heavy atom. The highest BCUT2D eigenvalue weighted by Crippen LogP contribution is 2.26. The second-order valence-corrected chi connectivity index (χ2v) is 6.65. The zero-order valence-corrected chi connectivity index (χ0v) is 14.1. The third-order valence-corrected chi connectivity index (χ3v) is 4.92. The molecule has 7 nitrogen and oxygen atoms in total. The van der Waals surface area contributed by atoms with Crippen molar-refractivity contribution in [3.05, 3.63) is 48.0 Å². The molecule has 2 aromatic rings. The first-order chi connectivity index (χ1) is 12.3. The number of nitrogens with one attached hydrogen (secondary N) is 2. The minimum atomic E-state index is -0.155. The Balaban J connectivity index is 1.40. The molecular formula is C18H23N5O2. The summed E-state index contributed by atoms with van der Waals surface area (Å²) >= 11 is 0. The molecule has 4 rings (SSSR count). The molecule has 3 unspecified atom stereocenters. The van der Waals surface area contributed by atoms with Crippen LogP contribution >= 0.6 is 0 Å². The number of aryl methyl sites for hydroxylation is 1. The maximum Gasteiger partial charge on any atom is 0.315 e. The number of carbonyl (C=O) groups excluding carboxylic acids is 1. The molecule has 1 fully saturated rings. The predicted octanol–water partition coefficient (Wildman–Crippen LogP) is 1.81. The van der Waals surface area contributed by atoms with Crippen LogP contribution in [0, 0.1) is 0 Å². The van der Waals surface area contributed by atoms with E-state index in [1.807, 2.05) is 35.0 Å². The lowest BCUT2D eigenvalue weighted by Crippen LogP contribution is -2.48. The lowest BCUT2D eigenvalue weighted by molar-refractivity contribution is 0.0804. The summed E-state index contributed by atoms with van der Waals surface area (Å²) in [7, 11) is 0. The summed E-state index contributed by atoms with van der Waals surface area (Å²) in [4.78, 5) is 16.8. The number of ether oxygens (including phenoxy) is 1. The van der Waals surface area contributed by atoms with Gasteiger partial charge in [-0.15, -0.1) is 0 Å². The van der Waals surface area contributed by atoms with Crippen LogP contribution in [-0.4, -0.2) is 39.5 Å². The van der Waals surface area contributed by atoms with Gasteiger partial charge in [0.25, 0.3) is 0 Å². The molecule has 2 aliphatic rings. The Kier molecular flexibility index (Phi) is 4.65. The van der Waals surface area contributed by atoms with Crippen molar-refractivity contribution in [1.29, 1.82) is 0 Å². The zero-order chi connectivity index (χ0) is 17.1. The highest BCUT2D eigenvalue weighted by Gasteiger charge is 2.29. The maximum atomic E-state index is 12.6. The van der Waals surface area contributed by atoms with Crippen molar-refractivity contribution in [2.75, 3.05) is 6.61 Å². The van der Waals surface area contributed by atoms with Gasteiger partial charge < -0.3 is 15.4 Å². The number of carbonyl (C=O) groups is 1. The van der Waals surface area contributed by atoms with Crippen LogP contribution in [0.15, 0.2) is 36.7 Å². The van der Waals surface area contributed by atoms with Crippen LogP contribution in [0.1, 0.15) is 36.7 Å². The molecule has 0 bridgehead atoms. The predicted molar refractivity (Wildman–Crippen MR) is 92.0 cm³/mol. The van der Waals surface area contributed by atoms with Crippen LogP contribution in [0.5, 0.6) is 0 Å². The van der Waals surface area contributed by atoms with Gasteiger partial charge in [0.2, 0.25) is 0 Å². The molecule has 2 amide bonds. The Morgan fingerprint density at radius 2 is 2.16 bits per heavy atom. The van der Waals surface area contributed by atoms with Crippen LogP contribution in [0.4, 0.5) is 4.79 Å². The fourth-order valence-electron chi connectivity index (χ4n) is 3.64. The van der Waals surface area contributed by atoms with E-state index < -0.39 is 0 Å². The monoisotopic (exact) mass is 341 g/mol. The van der Waals surface area contributed by atoms with E-state index in [0.29, 0.717) is 6.54 Å². The van der Waals surface area contributed by atoms with E-state index in [2.05, 4.69) is 20.7 Å². The highest BCUT2D eigenvalue weighted by molar-refractivity contribution is 5.75. The van der Waals surface area contributed by atoms with Gasteiger partial charge in [-0.3, -0.25) is 0 Å². The normalized spacial score (nSPS) is 23.7. The number of urea groups is 1. The average molecular weight is 341 g/mol. The molecule has 3 atom stereocenters. The minimum absolute atomic E-state index is 0.0291. The van der Waals surface area contributed by atoms with E-state index in [1.165, 1.54) is 0 Å². The van der Waals surface area contributed by atoms with Gasteiger partial charge in [0.05, 0.1) is 24.7 Å². The SMILES string of the molecule is O=C(NC1CCc2ncnn2C1)NC(c1ccccc1)C1CCCO1. The van der Waals surface area contributed by atoms with Gasteiger partial charge in [-0.25, -0.2) is 14.5 Å². The number of fused-ring (bicyclic) bond motifs is 1. The van der Waals surface area contributed by atoms with Crippen molar-refractivity contribution in [3.63, 3.8) is 0 Å². The van der Waals surface area contributed by atoms with Crippen molar-refractivity contribution in [2.45, 2.75) is 50.4 Å². The summed E-state index contributed by atoms with van der Waals surface area (Å²) in [5, 5.41) is 10.4. The lowest BCUT2D eigenvalue weighted by Gasteiger charge is -2.28. The summed E-state index contributed by atoms with van der Waals surface area (Å²) in [5.74, 6) is 0.986. The number of aromatic nitrogens is 3. The van der Waals surface area contributed by atoms with Gasteiger partial charge in [-0.2, -0.15) is 5.10 Å². The molecule has 1 saturated heterocycles. The molecule has 3 heterocycles. The first-order valence-electron chi connectivity index (χ1n) is 8.90. The summed E-state index contributed by atoms with van der Waals surface area (Å²) < 4.78 is 7.70. The summed E-state index contributed by atoms with van der Waals surface area (Å²) in [5.41, 5.74) is 1.08. The van der Waals surface area contributed by atoms with Crippen LogP contribution in [0.3, 0.4) is 0 Å². The Bertz CT molecular complexity index is 711. The molecule has 2 aliphatic heterocycles. The fraction of sp³-hybridized carbons (Fsp3) is 0.500. The van der Waals surface area contributed by atoms with Crippen LogP contribution < -0.4 is 10.6 Å². The van der Waals surface area contributed by atoms with E-state index in [1.54, 1.807) is 6.33 Å². The molecule has 0 radical (unpaired) electrons. The van der Waals surface area contributed by atoms with Crippen LogP contribution in [0.2, 0.25) is 0 Å². The van der Waals surface area contributed by atoms with E-state index in [-0.39, 0.29) is 24.2 Å². The van der Waals surface area contributed by atoms with Crippen molar-refractivity contribution >= 4 is 6.03 Å². The number of rotatable bonds is 4.